The molecule has 2 aliphatic rings. The van der Waals surface area contributed by atoms with Gasteiger partial charge in [-0.2, -0.15) is 0 Å². The van der Waals surface area contributed by atoms with Gasteiger partial charge in [-0.25, -0.2) is 8.42 Å². The second-order valence-corrected chi connectivity index (χ2v) is 8.25. The summed E-state index contributed by atoms with van der Waals surface area (Å²) in [5, 5.41) is 0. The van der Waals surface area contributed by atoms with Gasteiger partial charge in [-0.05, 0) is 31.6 Å². The molecule has 0 bridgehead atoms. The Morgan fingerprint density at radius 3 is 2.38 bits per heavy atom. The van der Waals surface area contributed by atoms with E-state index in [-0.39, 0.29) is 22.9 Å². The van der Waals surface area contributed by atoms with Crippen molar-refractivity contribution >= 4 is 21.7 Å². The van der Waals surface area contributed by atoms with E-state index < -0.39 is 21.5 Å². The van der Waals surface area contributed by atoms with E-state index in [9.17, 15) is 18.0 Å². The van der Waals surface area contributed by atoms with Crippen LogP contribution in [0.4, 0.5) is 0 Å². The second kappa shape index (κ2) is 6.05. The van der Waals surface area contributed by atoms with Crippen molar-refractivity contribution in [2.24, 2.45) is 0 Å². The van der Waals surface area contributed by atoms with E-state index in [0.29, 0.717) is 19.5 Å². The molecule has 1 saturated heterocycles. The summed E-state index contributed by atoms with van der Waals surface area (Å²) in [4.78, 5) is 27.7. The Labute approximate surface area is 141 Å². The summed E-state index contributed by atoms with van der Waals surface area (Å²) >= 11 is 0. The predicted octanol–water partition coefficient (Wildman–Crippen LogP) is 0.766. The zero-order chi connectivity index (χ0) is 17.5. The van der Waals surface area contributed by atoms with Crippen LogP contribution in [-0.4, -0.2) is 61.0 Å². The van der Waals surface area contributed by atoms with Gasteiger partial charge in [0.25, 0.3) is 0 Å². The summed E-state index contributed by atoms with van der Waals surface area (Å²) in [6.07, 6.45) is 1.98. The first-order valence-electron chi connectivity index (χ1n) is 7.85. The molecule has 0 aromatic heterocycles. The number of hydrogen-bond acceptors (Lipinski definition) is 4. The molecule has 2 amide bonds. The fourth-order valence-electron chi connectivity index (χ4n) is 3.16. The highest BCUT2D eigenvalue weighted by molar-refractivity contribution is 7.92. The van der Waals surface area contributed by atoms with Gasteiger partial charge in [0.2, 0.25) is 11.8 Å². The van der Waals surface area contributed by atoms with Crippen molar-refractivity contribution in [1.82, 2.24) is 9.80 Å². The predicted molar refractivity (Wildman–Crippen MR) is 89.0 cm³/mol. The molecule has 24 heavy (non-hydrogen) atoms. The Morgan fingerprint density at radius 1 is 1.17 bits per heavy atom. The quantitative estimate of drug-likeness (QED) is 0.753. The monoisotopic (exact) mass is 348 g/mol. The molecule has 1 saturated carbocycles. The van der Waals surface area contributed by atoms with Crippen molar-refractivity contribution in [1.29, 1.82) is 0 Å². The van der Waals surface area contributed by atoms with E-state index in [1.807, 2.05) is 6.92 Å². The molecule has 1 aliphatic carbocycles. The summed E-state index contributed by atoms with van der Waals surface area (Å²) < 4.78 is 24.8. The molecule has 7 heteroatoms. The van der Waals surface area contributed by atoms with Crippen LogP contribution in [0.1, 0.15) is 12.0 Å². The van der Waals surface area contributed by atoms with E-state index in [2.05, 4.69) is 6.58 Å². The van der Waals surface area contributed by atoms with Crippen LogP contribution in [-0.2, 0) is 19.4 Å². The Bertz CT molecular complexity index is 785. The molecule has 0 radical (unpaired) electrons. The number of rotatable bonds is 4. The molecule has 1 heterocycles. The zero-order valence-electron chi connectivity index (χ0n) is 13.5. The van der Waals surface area contributed by atoms with Crippen molar-refractivity contribution in [2.45, 2.75) is 30.3 Å². The number of nitrogens with zero attached hydrogens (tertiary/aromatic N) is 2. The number of sulfone groups is 1. The average molecular weight is 348 g/mol. The summed E-state index contributed by atoms with van der Waals surface area (Å²) in [5.74, 6) is -1.06. The fourth-order valence-corrected chi connectivity index (χ4v) is 4.37. The van der Waals surface area contributed by atoms with Crippen molar-refractivity contribution in [2.75, 3.05) is 18.8 Å². The lowest BCUT2D eigenvalue weighted by Crippen LogP contribution is -2.51. The number of piperazine rings is 1. The molecule has 3 rings (SSSR count). The summed E-state index contributed by atoms with van der Waals surface area (Å²) in [6, 6.07) is 6.41. The van der Waals surface area contributed by atoms with E-state index >= 15 is 0 Å². The van der Waals surface area contributed by atoms with Gasteiger partial charge in [-0.1, -0.05) is 24.3 Å². The van der Waals surface area contributed by atoms with Gasteiger partial charge >= 0.3 is 0 Å². The van der Waals surface area contributed by atoms with Gasteiger partial charge in [0.15, 0.2) is 9.84 Å². The maximum atomic E-state index is 12.5. The van der Waals surface area contributed by atoms with Crippen LogP contribution in [0, 0.1) is 6.92 Å². The smallest absolute Gasteiger partial charge is 0.246 e. The summed E-state index contributed by atoms with van der Waals surface area (Å²) in [7, 11) is -3.65. The minimum Gasteiger partial charge on any atom is -0.335 e. The van der Waals surface area contributed by atoms with Crippen LogP contribution in [0.15, 0.2) is 41.8 Å². The highest BCUT2D eigenvalue weighted by atomic mass is 32.2. The molecular weight excluding hydrogens is 328 g/mol. The molecule has 1 aliphatic heterocycles. The lowest BCUT2D eigenvalue weighted by atomic mass is 10.2. The van der Waals surface area contributed by atoms with Gasteiger partial charge in [-0.15, -0.1) is 0 Å². The largest absolute Gasteiger partial charge is 0.335 e. The number of hydrogen-bond donors (Lipinski definition) is 0. The van der Waals surface area contributed by atoms with E-state index in [0.717, 1.165) is 5.56 Å². The maximum Gasteiger partial charge on any atom is 0.246 e. The third kappa shape index (κ3) is 3.08. The Hall–Kier alpha value is -2.15. The molecule has 2 atom stereocenters. The Kier molecular flexibility index (Phi) is 4.21. The van der Waals surface area contributed by atoms with Crippen molar-refractivity contribution in [3.63, 3.8) is 0 Å². The highest BCUT2D eigenvalue weighted by Crippen LogP contribution is 2.37. The first-order valence-corrected chi connectivity index (χ1v) is 9.50. The molecule has 128 valence electrons. The van der Waals surface area contributed by atoms with Gasteiger partial charge in [0.05, 0.1) is 17.0 Å². The van der Waals surface area contributed by atoms with Crippen LogP contribution in [0.5, 0.6) is 0 Å². The third-order valence-electron chi connectivity index (χ3n) is 4.58. The molecule has 1 aromatic rings. The van der Waals surface area contributed by atoms with E-state index in [1.54, 1.807) is 21.9 Å². The van der Waals surface area contributed by atoms with Crippen LogP contribution >= 0.6 is 0 Å². The molecule has 2 fully saturated rings. The molecule has 2 unspecified atom stereocenters. The maximum absolute atomic E-state index is 12.5. The lowest BCUT2D eigenvalue weighted by molar-refractivity contribution is -0.135. The lowest BCUT2D eigenvalue weighted by Gasteiger charge is -2.33. The van der Waals surface area contributed by atoms with Gasteiger partial charge in [0.1, 0.15) is 5.75 Å². The first kappa shape index (κ1) is 16.7. The van der Waals surface area contributed by atoms with E-state index in [1.165, 1.54) is 18.2 Å². The minimum atomic E-state index is -3.65. The van der Waals surface area contributed by atoms with Crippen molar-refractivity contribution < 1.29 is 18.0 Å². The normalized spacial score (nSPS) is 22.7. The fraction of sp³-hybridized carbons (Fsp3) is 0.412. The SMILES string of the molecule is C=CC(=O)N1CCN(C(=O)CS(=O)(=O)c2ccc(C)cc2)C2CC21. The van der Waals surface area contributed by atoms with Crippen molar-refractivity contribution in [3.05, 3.63) is 42.5 Å². The topological polar surface area (TPSA) is 74.8 Å². The van der Waals surface area contributed by atoms with Crippen LogP contribution in [0.2, 0.25) is 0 Å². The number of aryl methyl sites for hydroxylation is 1. The van der Waals surface area contributed by atoms with Crippen LogP contribution in [0.25, 0.3) is 0 Å². The number of carbonyl (C=O) groups excluding carboxylic acids is 2. The Morgan fingerprint density at radius 2 is 1.75 bits per heavy atom. The molecule has 0 spiro atoms. The molecule has 6 nitrogen and oxygen atoms in total. The van der Waals surface area contributed by atoms with Gasteiger partial charge in [-0.3, -0.25) is 9.59 Å². The molecule has 0 N–H and O–H groups in total. The number of carbonyl (C=O) groups is 2. The number of benzene rings is 1. The summed E-state index contributed by atoms with van der Waals surface area (Å²) in [5.41, 5.74) is 0.962. The summed E-state index contributed by atoms with van der Waals surface area (Å²) in [6.45, 7) is 6.14. The highest BCUT2D eigenvalue weighted by Gasteiger charge is 2.52. The van der Waals surface area contributed by atoms with E-state index in [4.69, 9.17) is 0 Å². The average Bonchev–Trinajstić information content (AvgIpc) is 3.33. The molecular formula is C17H20N2O4S. The minimum absolute atomic E-state index is 0.00437. The number of amides is 2. The standard InChI is InChI=1S/C17H20N2O4S/c1-3-16(20)18-8-9-19(15-10-14(15)18)17(21)11-24(22,23)13-6-4-12(2)5-7-13/h3-7,14-15H,1,8-11H2,2H3. The molecule has 1 aromatic carbocycles. The van der Waals surface area contributed by atoms with Crippen LogP contribution in [0.3, 0.4) is 0 Å². The van der Waals surface area contributed by atoms with Crippen molar-refractivity contribution in [3.8, 4) is 0 Å². The first-order chi connectivity index (χ1) is 11.3. The van der Waals surface area contributed by atoms with Gasteiger partial charge < -0.3 is 9.80 Å². The van der Waals surface area contributed by atoms with Crippen LogP contribution < -0.4 is 0 Å². The van der Waals surface area contributed by atoms with Gasteiger partial charge in [0, 0.05) is 13.1 Å². The number of fused-ring (bicyclic) bond motifs is 1. The second-order valence-electron chi connectivity index (χ2n) is 6.27. The zero-order valence-corrected chi connectivity index (χ0v) is 14.3. The third-order valence-corrected chi connectivity index (χ3v) is 6.20. The Balaban J connectivity index is 1.67.